The second kappa shape index (κ2) is 16.3. The summed E-state index contributed by atoms with van der Waals surface area (Å²) in [6, 6.07) is 0. The van der Waals surface area contributed by atoms with E-state index < -0.39 is 0 Å². The molecule has 4 heteroatoms. The van der Waals surface area contributed by atoms with Crippen LogP contribution in [0, 0.1) is 24.1 Å². The average molecular weight is 172 g/mol. The van der Waals surface area contributed by atoms with Gasteiger partial charge in [-0.15, -0.1) is 0 Å². The van der Waals surface area contributed by atoms with Gasteiger partial charge in [0.2, 0.25) is 0 Å². The van der Waals surface area contributed by atoms with Gasteiger partial charge >= 0.3 is 0 Å². The second-order valence-electron chi connectivity index (χ2n) is 1.52. The first-order valence-electron chi connectivity index (χ1n) is 3.29. The molecule has 0 atom stereocenters. The first-order valence-corrected chi connectivity index (χ1v) is 3.29. The van der Waals surface area contributed by atoms with Crippen LogP contribution in [-0.2, 0) is 0 Å². The number of rotatable bonds is 2. The highest BCUT2D eigenvalue weighted by Crippen LogP contribution is 1.65. The van der Waals surface area contributed by atoms with Crippen molar-refractivity contribution in [1.29, 1.82) is 0 Å². The molecule has 12 heavy (non-hydrogen) atoms. The van der Waals surface area contributed by atoms with E-state index in [1.165, 1.54) is 0 Å². The minimum atomic E-state index is 0.0214. The molecule has 0 rings (SSSR count). The van der Waals surface area contributed by atoms with Crippen LogP contribution in [0.2, 0.25) is 0 Å². The average Bonchev–Trinajstić information content (AvgIpc) is 2.12. The van der Waals surface area contributed by atoms with Crippen LogP contribution in [-0.4, -0.2) is 33.6 Å². The molecule has 0 heterocycles. The van der Waals surface area contributed by atoms with Crippen molar-refractivity contribution in [2.75, 3.05) is 13.2 Å². The molecule has 0 bridgehead atoms. The Hall–Kier alpha value is -1.36. The molecule has 0 fully saturated rings. The van der Waals surface area contributed by atoms with E-state index in [1.807, 2.05) is 0 Å². The second-order valence-corrected chi connectivity index (χ2v) is 1.52. The van der Waals surface area contributed by atoms with E-state index in [1.54, 1.807) is 12.2 Å². The Morgan fingerprint density at radius 1 is 0.750 bits per heavy atom. The van der Waals surface area contributed by atoms with Gasteiger partial charge in [-0.1, -0.05) is 11.8 Å². The predicted octanol–water partition coefficient (Wildman–Crippen LogP) is -0.596. The summed E-state index contributed by atoms with van der Waals surface area (Å²) < 4.78 is 0. The number of aliphatic hydroxyl groups excluding tert-OH is 4. The zero-order chi connectivity index (χ0) is 9.66. The first-order chi connectivity index (χ1) is 5.83. The summed E-state index contributed by atoms with van der Waals surface area (Å²) in [6.07, 6.45) is 4.03. The molecular weight excluding hydrogens is 160 g/mol. The summed E-state index contributed by atoms with van der Waals surface area (Å²) in [5.41, 5.74) is 0. The van der Waals surface area contributed by atoms with E-state index in [0.717, 1.165) is 0 Å². The fourth-order valence-electron chi connectivity index (χ4n) is 0.224. The van der Waals surface area contributed by atoms with Crippen LogP contribution in [0.1, 0.15) is 12.8 Å². The van der Waals surface area contributed by atoms with Crippen molar-refractivity contribution in [3.63, 3.8) is 0 Å². The Bertz CT molecular complexity index is 157. The summed E-state index contributed by atoms with van der Waals surface area (Å²) >= 11 is 0. The SMILES string of the molecule is OC#CCCO.OC#CCCO. The molecule has 0 aromatic heterocycles. The lowest BCUT2D eigenvalue weighted by atomic mass is 10.5. The van der Waals surface area contributed by atoms with Crippen LogP contribution in [0.25, 0.3) is 0 Å². The molecular formula is C8H12O4. The number of hydrogen-bond acceptors (Lipinski definition) is 4. The number of hydrogen-bond donors (Lipinski definition) is 4. The predicted molar refractivity (Wildman–Crippen MR) is 42.8 cm³/mol. The summed E-state index contributed by atoms with van der Waals surface area (Å²) in [4.78, 5) is 0. The maximum Gasteiger partial charge on any atom is 0.107 e. The Kier molecular flexibility index (Phi) is 18.0. The van der Waals surface area contributed by atoms with Crippen molar-refractivity contribution in [2.45, 2.75) is 12.8 Å². The van der Waals surface area contributed by atoms with Gasteiger partial charge in [0.25, 0.3) is 0 Å². The van der Waals surface area contributed by atoms with E-state index in [9.17, 15) is 0 Å². The molecule has 0 aliphatic heterocycles. The van der Waals surface area contributed by atoms with Crippen LogP contribution >= 0.6 is 0 Å². The van der Waals surface area contributed by atoms with Crippen LogP contribution in [0.5, 0.6) is 0 Å². The van der Waals surface area contributed by atoms with Gasteiger partial charge in [-0.2, -0.15) is 0 Å². The van der Waals surface area contributed by atoms with Crippen molar-refractivity contribution in [1.82, 2.24) is 0 Å². The molecule has 68 valence electrons. The van der Waals surface area contributed by atoms with Crippen LogP contribution in [0.4, 0.5) is 0 Å². The molecule has 0 unspecified atom stereocenters. The Morgan fingerprint density at radius 3 is 1.17 bits per heavy atom. The molecule has 0 aliphatic carbocycles. The summed E-state index contributed by atoms with van der Waals surface area (Å²) in [7, 11) is 0. The summed E-state index contributed by atoms with van der Waals surface area (Å²) in [5.74, 6) is 4.51. The van der Waals surface area contributed by atoms with E-state index >= 15 is 0 Å². The molecule has 4 N–H and O–H groups in total. The molecule has 0 radical (unpaired) electrons. The quantitative estimate of drug-likeness (QED) is 0.419. The van der Waals surface area contributed by atoms with Crippen molar-refractivity contribution < 1.29 is 20.4 Å². The highest BCUT2D eigenvalue weighted by molar-refractivity contribution is 4.88. The molecule has 0 saturated carbocycles. The highest BCUT2D eigenvalue weighted by Gasteiger charge is 1.66. The fraction of sp³-hybridized carbons (Fsp3) is 0.500. The molecule has 0 amide bonds. The van der Waals surface area contributed by atoms with Crippen molar-refractivity contribution >= 4 is 0 Å². The molecule has 0 aromatic rings. The van der Waals surface area contributed by atoms with Gasteiger partial charge < -0.3 is 20.4 Å². The first kappa shape index (κ1) is 13.2. The molecule has 0 aromatic carbocycles. The summed E-state index contributed by atoms with van der Waals surface area (Å²) in [6.45, 7) is 0.0428. The third-order valence-electron chi connectivity index (χ3n) is 0.632. The fourth-order valence-corrected chi connectivity index (χ4v) is 0.224. The van der Waals surface area contributed by atoms with E-state index in [-0.39, 0.29) is 13.2 Å². The van der Waals surface area contributed by atoms with Crippen molar-refractivity contribution in [3.8, 4) is 24.1 Å². The van der Waals surface area contributed by atoms with Gasteiger partial charge in [-0.25, -0.2) is 0 Å². The maximum absolute atomic E-state index is 7.98. The monoisotopic (exact) mass is 172 g/mol. The van der Waals surface area contributed by atoms with Crippen molar-refractivity contribution in [2.24, 2.45) is 0 Å². The lowest BCUT2D eigenvalue weighted by molar-refractivity contribution is 0.304. The minimum Gasteiger partial charge on any atom is -0.462 e. The Labute approximate surface area is 71.5 Å². The lowest BCUT2D eigenvalue weighted by Gasteiger charge is -1.71. The Balaban J connectivity index is 0. The van der Waals surface area contributed by atoms with Gasteiger partial charge in [-0.3, -0.25) is 0 Å². The zero-order valence-electron chi connectivity index (χ0n) is 6.62. The zero-order valence-corrected chi connectivity index (χ0v) is 6.62. The highest BCUT2D eigenvalue weighted by atomic mass is 16.3. The van der Waals surface area contributed by atoms with Crippen LogP contribution in [0.15, 0.2) is 0 Å². The van der Waals surface area contributed by atoms with Gasteiger partial charge in [-0.05, 0) is 0 Å². The molecule has 0 aliphatic rings. The standard InChI is InChI=1S/2C4H6O2/c2*5-3-1-2-4-6/h2*5-6H,1,3H2. The molecule has 4 nitrogen and oxygen atoms in total. The van der Waals surface area contributed by atoms with Gasteiger partial charge in [0.05, 0.1) is 13.2 Å². The van der Waals surface area contributed by atoms with E-state index in [0.29, 0.717) is 12.8 Å². The Morgan fingerprint density at radius 2 is 1.08 bits per heavy atom. The lowest BCUT2D eigenvalue weighted by Crippen LogP contribution is -1.74. The van der Waals surface area contributed by atoms with E-state index in [4.69, 9.17) is 20.4 Å². The van der Waals surface area contributed by atoms with Gasteiger partial charge in [0.1, 0.15) is 12.2 Å². The summed E-state index contributed by atoms with van der Waals surface area (Å²) in [5, 5.41) is 31.4. The third-order valence-corrected chi connectivity index (χ3v) is 0.632. The topological polar surface area (TPSA) is 80.9 Å². The molecule has 0 spiro atoms. The maximum atomic E-state index is 7.98. The van der Waals surface area contributed by atoms with Crippen LogP contribution in [0.3, 0.4) is 0 Å². The number of aliphatic hydroxyl groups is 4. The van der Waals surface area contributed by atoms with Gasteiger partial charge in [0, 0.05) is 12.8 Å². The smallest absolute Gasteiger partial charge is 0.107 e. The van der Waals surface area contributed by atoms with Crippen molar-refractivity contribution in [3.05, 3.63) is 0 Å². The normalized spacial score (nSPS) is 6.17. The molecule has 0 saturated heterocycles. The van der Waals surface area contributed by atoms with Crippen LogP contribution < -0.4 is 0 Å². The van der Waals surface area contributed by atoms with E-state index in [2.05, 4.69) is 11.8 Å². The minimum absolute atomic E-state index is 0.0214. The van der Waals surface area contributed by atoms with Gasteiger partial charge in [0.15, 0.2) is 0 Å². The largest absolute Gasteiger partial charge is 0.462 e. The third kappa shape index (κ3) is 23.4.